The number of benzene rings is 1. The summed E-state index contributed by atoms with van der Waals surface area (Å²) in [6, 6.07) is 5.74. The van der Waals surface area contributed by atoms with Gasteiger partial charge in [-0.05, 0) is 44.5 Å². The molecule has 0 aliphatic heterocycles. The highest BCUT2D eigenvalue weighted by molar-refractivity contribution is 5.70. The van der Waals surface area contributed by atoms with E-state index in [0.29, 0.717) is 0 Å². The largest absolute Gasteiger partial charge is 0.497 e. The van der Waals surface area contributed by atoms with Crippen LogP contribution in [-0.2, 0) is 0 Å². The van der Waals surface area contributed by atoms with Gasteiger partial charge >= 0.3 is 0 Å². The van der Waals surface area contributed by atoms with Crippen LogP contribution in [-0.4, -0.2) is 24.2 Å². The molecule has 4 nitrogen and oxygen atoms in total. The van der Waals surface area contributed by atoms with Gasteiger partial charge in [0.2, 0.25) is 0 Å². The molecular formula is C17H20N2O2. The Hall–Kier alpha value is -2.36. The fourth-order valence-electron chi connectivity index (χ4n) is 1.99. The number of aromatic nitrogens is 2. The van der Waals surface area contributed by atoms with Gasteiger partial charge in [-0.15, -0.1) is 0 Å². The Balaban J connectivity index is 2.35. The van der Waals surface area contributed by atoms with E-state index in [1.54, 1.807) is 14.2 Å². The van der Waals surface area contributed by atoms with Gasteiger partial charge in [0.25, 0.3) is 0 Å². The lowest BCUT2D eigenvalue weighted by Crippen LogP contribution is -1.98. The van der Waals surface area contributed by atoms with Crippen molar-refractivity contribution in [2.75, 3.05) is 14.2 Å². The average Bonchev–Trinajstić information content (AvgIpc) is 2.49. The van der Waals surface area contributed by atoms with E-state index in [-0.39, 0.29) is 0 Å². The van der Waals surface area contributed by atoms with Crippen molar-refractivity contribution in [1.82, 2.24) is 9.97 Å². The van der Waals surface area contributed by atoms with Crippen LogP contribution >= 0.6 is 0 Å². The van der Waals surface area contributed by atoms with Gasteiger partial charge in [0.15, 0.2) is 0 Å². The molecule has 4 heteroatoms. The van der Waals surface area contributed by atoms with Crippen molar-refractivity contribution >= 4 is 12.2 Å². The SMILES string of the molecule is COc1cc(C=Cc2nc(C)c(C)nc2C)cc(OC)c1. The minimum absolute atomic E-state index is 0.761. The predicted molar refractivity (Wildman–Crippen MR) is 84.7 cm³/mol. The zero-order valence-electron chi connectivity index (χ0n) is 13.1. The van der Waals surface area contributed by atoms with Crippen LogP contribution in [0.15, 0.2) is 18.2 Å². The van der Waals surface area contributed by atoms with Gasteiger partial charge in [-0.2, -0.15) is 0 Å². The van der Waals surface area contributed by atoms with Crippen LogP contribution in [0.1, 0.15) is 28.3 Å². The summed E-state index contributed by atoms with van der Waals surface area (Å²) in [7, 11) is 3.28. The van der Waals surface area contributed by atoms with Crippen LogP contribution in [0.2, 0.25) is 0 Å². The third kappa shape index (κ3) is 3.60. The average molecular weight is 284 g/mol. The summed E-state index contributed by atoms with van der Waals surface area (Å²) < 4.78 is 10.5. The van der Waals surface area contributed by atoms with E-state index < -0.39 is 0 Å². The Morgan fingerprint density at radius 3 is 1.90 bits per heavy atom. The minimum atomic E-state index is 0.761. The Kier molecular flexibility index (Phi) is 4.58. The molecule has 1 aromatic heterocycles. The molecule has 0 N–H and O–H groups in total. The summed E-state index contributed by atoms with van der Waals surface area (Å²) in [5.74, 6) is 1.52. The zero-order chi connectivity index (χ0) is 15.4. The first-order valence-electron chi connectivity index (χ1n) is 6.76. The molecule has 0 bridgehead atoms. The topological polar surface area (TPSA) is 44.2 Å². The predicted octanol–water partition coefficient (Wildman–Crippen LogP) is 3.59. The highest BCUT2D eigenvalue weighted by Gasteiger charge is 2.03. The van der Waals surface area contributed by atoms with Gasteiger partial charge in [0, 0.05) is 6.07 Å². The van der Waals surface area contributed by atoms with E-state index in [1.165, 1.54) is 0 Å². The number of methoxy groups -OCH3 is 2. The van der Waals surface area contributed by atoms with E-state index in [9.17, 15) is 0 Å². The second-order valence-electron chi connectivity index (χ2n) is 4.84. The third-order valence-electron chi connectivity index (χ3n) is 3.33. The van der Waals surface area contributed by atoms with Crippen LogP contribution in [0.4, 0.5) is 0 Å². The van der Waals surface area contributed by atoms with Gasteiger partial charge < -0.3 is 9.47 Å². The molecule has 0 aliphatic rings. The molecule has 0 atom stereocenters. The molecule has 0 amide bonds. The van der Waals surface area contributed by atoms with Crippen LogP contribution in [0.5, 0.6) is 11.5 Å². The molecular weight excluding hydrogens is 264 g/mol. The lowest BCUT2D eigenvalue weighted by molar-refractivity contribution is 0.394. The van der Waals surface area contributed by atoms with E-state index in [1.807, 2.05) is 51.1 Å². The molecule has 0 aliphatic carbocycles. The molecule has 21 heavy (non-hydrogen) atoms. The van der Waals surface area contributed by atoms with Crippen LogP contribution in [0.25, 0.3) is 12.2 Å². The third-order valence-corrected chi connectivity index (χ3v) is 3.33. The first-order chi connectivity index (χ1) is 10.0. The summed E-state index contributed by atoms with van der Waals surface area (Å²) in [6.45, 7) is 5.90. The standard InChI is InChI=1S/C17H20N2O2/c1-11-12(2)19-17(13(3)18-11)7-6-14-8-15(20-4)10-16(9-14)21-5/h6-10H,1-5H3. The molecule has 0 saturated carbocycles. The highest BCUT2D eigenvalue weighted by Crippen LogP contribution is 2.24. The van der Waals surface area contributed by atoms with Gasteiger partial charge in [0.1, 0.15) is 11.5 Å². The van der Waals surface area contributed by atoms with E-state index in [4.69, 9.17) is 9.47 Å². The number of rotatable bonds is 4. The van der Waals surface area contributed by atoms with Crippen molar-refractivity contribution in [3.63, 3.8) is 0 Å². The highest BCUT2D eigenvalue weighted by atomic mass is 16.5. The number of aryl methyl sites for hydroxylation is 3. The number of ether oxygens (including phenoxy) is 2. The quantitative estimate of drug-likeness (QED) is 0.860. The Morgan fingerprint density at radius 1 is 0.762 bits per heavy atom. The molecule has 0 spiro atoms. The van der Waals surface area contributed by atoms with Crippen molar-refractivity contribution in [3.05, 3.63) is 46.5 Å². The van der Waals surface area contributed by atoms with Gasteiger partial charge in [0.05, 0.1) is 37.0 Å². The zero-order valence-corrected chi connectivity index (χ0v) is 13.1. The molecule has 1 heterocycles. The fraction of sp³-hybridized carbons (Fsp3) is 0.294. The summed E-state index contributed by atoms with van der Waals surface area (Å²) in [5, 5.41) is 0. The molecule has 0 fully saturated rings. The molecule has 1 aromatic carbocycles. The van der Waals surface area contributed by atoms with Crippen LogP contribution < -0.4 is 9.47 Å². The van der Waals surface area contributed by atoms with Crippen molar-refractivity contribution in [2.24, 2.45) is 0 Å². The molecule has 0 saturated heterocycles. The Labute approximate surface area is 125 Å². The summed E-state index contributed by atoms with van der Waals surface area (Å²) >= 11 is 0. The van der Waals surface area contributed by atoms with Crippen molar-refractivity contribution in [2.45, 2.75) is 20.8 Å². The molecule has 2 rings (SSSR count). The minimum Gasteiger partial charge on any atom is -0.497 e. The first-order valence-corrected chi connectivity index (χ1v) is 6.76. The molecule has 0 unspecified atom stereocenters. The summed E-state index contributed by atoms with van der Waals surface area (Å²) in [5.41, 5.74) is 4.70. The summed E-state index contributed by atoms with van der Waals surface area (Å²) in [6.07, 6.45) is 3.94. The lowest BCUT2D eigenvalue weighted by Gasteiger charge is -2.06. The van der Waals surface area contributed by atoms with Gasteiger partial charge in [-0.3, -0.25) is 4.98 Å². The van der Waals surface area contributed by atoms with Crippen LogP contribution in [0, 0.1) is 20.8 Å². The molecule has 0 radical (unpaired) electrons. The maximum absolute atomic E-state index is 5.27. The Morgan fingerprint density at radius 2 is 1.33 bits per heavy atom. The lowest BCUT2D eigenvalue weighted by atomic mass is 10.1. The van der Waals surface area contributed by atoms with Crippen molar-refractivity contribution in [1.29, 1.82) is 0 Å². The van der Waals surface area contributed by atoms with Crippen molar-refractivity contribution in [3.8, 4) is 11.5 Å². The second kappa shape index (κ2) is 6.39. The number of nitrogens with zero attached hydrogens (tertiary/aromatic N) is 2. The fourth-order valence-corrected chi connectivity index (χ4v) is 1.99. The maximum atomic E-state index is 5.27. The van der Waals surface area contributed by atoms with Crippen molar-refractivity contribution < 1.29 is 9.47 Å². The smallest absolute Gasteiger partial charge is 0.123 e. The Bertz CT molecular complexity index is 656. The normalized spacial score (nSPS) is 10.9. The van der Waals surface area contributed by atoms with Gasteiger partial charge in [-0.1, -0.05) is 6.08 Å². The van der Waals surface area contributed by atoms with E-state index >= 15 is 0 Å². The molecule has 2 aromatic rings. The van der Waals surface area contributed by atoms with E-state index in [0.717, 1.165) is 39.8 Å². The number of hydrogen-bond donors (Lipinski definition) is 0. The molecule has 110 valence electrons. The number of hydrogen-bond acceptors (Lipinski definition) is 4. The maximum Gasteiger partial charge on any atom is 0.123 e. The second-order valence-corrected chi connectivity index (χ2v) is 4.84. The summed E-state index contributed by atoms with van der Waals surface area (Å²) in [4.78, 5) is 9.05. The van der Waals surface area contributed by atoms with E-state index in [2.05, 4.69) is 9.97 Å². The first kappa shape index (κ1) is 15.0. The van der Waals surface area contributed by atoms with Gasteiger partial charge in [-0.25, -0.2) is 4.98 Å². The monoisotopic (exact) mass is 284 g/mol. The van der Waals surface area contributed by atoms with Crippen LogP contribution in [0.3, 0.4) is 0 Å².